The van der Waals surface area contributed by atoms with Crippen molar-refractivity contribution >= 4 is 17.3 Å². The van der Waals surface area contributed by atoms with E-state index in [2.05, 4.69) is 28.5 Å². The molecule has 0 radical (unpaired) electrons. The fraction of sp³-hybridized carbons (Fsp3) is 0.167. The number of hydrogen-bond donors (Lipinski definition) is 2. The van der Waals surface area contributed by atoms with E-state index < -0.39 is 0 Å². The van der Waals surface area contributed by atoms with Crippen LogP contribution in [0.4, 0.5) is 17.3 Å². The highest BCUT2D eigenvalue weighted by atomic mass is 15.2. The van der Waals surface area contributed by atoms with Crippen LogP contribution in [0.3, 0.4) is 0 Å². The maximum absolute atomic E-state index is 5.47. The standard InChI is InChI=1S/C12H14N4/c1-2-9-5-3-4-6-10(9)14-12-8-7-11(13)15-16-12/h3-8H,2H2,1H3,(H2,13,15)(H,14,16). The van der Waals surface area contributed by atoms with E-state index in [1.807, 2.05) is 24.3 Å². The van der Waals surface area contributed by atoms with Crippen LogP contribution in [0.1, 0.15) is 12.5 Å². The Labute approximate surface area is 94.5 Å². The van der Waals surface area contributed by atoms with Gasteiger partial charge >= 0.3 is 0 Å². The highest BCUT2D eigenvalue weighted by molar-refractivity contribution is 5.60. The molecule has 0 bridgehead atoms. The van der Waals surface area contributed by atoms with Gasteiger partial charge in [-0.05, 0) is 30.2 Å². The zero-order valence-electron chi connectivity index (χ0n) is 9.14. The van der Waals surface area contributed by atoms with Crippen LogP contribution in [0.5, 0.6) is 0 Å². The summed E-state index contributed by atoms with van der Waals surface area (Å²) in [6, 6.07) is 11.7. The minimum atomic E-state index is 0.425. The largest absolute Gasteiger partial charge is 0.382 e. The van der Waals surface area contributed by atoms with E-state index in [1.54, 1.807) is 6.07 Å². The van der Waals surface area contributed by atoms with E-state index >= 15 is 0 Å². The SMILES string of the molecule is CCc1ccccc1Nc1ccc(N)nn1. The third-order valence-electron chi connectivity index (χ3n) is 2.35. The minimum Gasteiger partial charge on any atom is -0.382 e. The van der Waals surface area contributed by atoms with E-state index in [-0.39, 0.29) is 0 Å². The van der Waals surface area contributed by atoms with Crippen molar-refractivity contribution in [3.05, 3.63) is 42.0 Å². The summed E-state index contributed by atoms with van der Waals surface area (Å²) in [6.45, 7) is 2.12. The van der Waals surface area contributed by atoms with Gasteiger partial charge in [0.25, 0.3) is 0 Å². The first-order valence-corrected chi connectivity index (χ1v) is 5.23. The Morgan fingerprint density at radius 3 is 2.62 bits per heavy atom. The van der Waals surface area contributed by atoms with Gasteiger partial charge < -0.3 is 11.1 Å². The lowest BCUT2D eigenvalue weighted by molar-refractivity contribution is 1.04. The number of rotatable bonds is 3. The number of benzene rings is 1. The van der Waals surface area contributed by atoms with E-state index in [0.717, 1.165) is 12.1 Å². The molecule has 0 unspecified atom stereocenters. The van der Waals surface area contributed by atoms with Gasteiger partial charge in [0, 0.05) is 5.69 Å². The maximum atomic E-state index is 5.47. The zero-order valence-corrected chi connectivity index (χ0v) is 9.14. The molecule has 1 aromatic carbocycles. The summed E-state index contributed by atoms with van der Waals surface area (Å²) in [5.74, 6) is 1.13. The van der Waals surface area contributed by atoms with Crippen LogP contribution in [-0.4, -0.2) is 10.2 Å². The van der Waals surface area contributed by atoms with Gasteiger partial charge in [0.05, 0.1) is 0 Å². The Balaban J connectivity index is 2.23. The molecule has 0 saturated carbocycles. The highest BCUT2D eigenvalue weighted by Crippen LogP contribution is 2.19. The number of para-hydroxylation sites is 1. The molecule has 2 rings (SSSR count). The molecule has 0 aliphatic rings. The Hall–Kier alpha value is -2.10. The maximum Gasteiger partial charge on any atom is 0.153 e. The van der Waals surface area contributed by atoms with Gasteiger partial charge in [0.2, 0.25) is 0 Å². The summed E-state index contributed by atoms with van der Waals surface area (Å²) in [4.78, 5) is 0. The third-order valence-corrected chi connectivity index (χ3v) is 2.35. The Kier molecular flexibility index (Phi) is 3.00. The van der Waals surface area contributed by atoms with Crippen LogP contribution in [-0.2, 0) is 6.42 Å². The summed E-state index contributed by atoms with van der Waals surface area (Å²) < 4.78 is 0. The third kappa shape index (κ3) is 2.28. The molecule has 1 heterocycles. The van der Waals surface area contributed by atoms with Crippen LogP contribution < -0.4 is 11.1 Å². The van der Waals surface area contributed by atoms with Crippen molar-refractivity contribution in [2.24, 2.45) is 0 Å². The van der Waals surface area contributed by atoms with Crippen LogP contribution in [0.15, 0.2) is 36.4 Å². The fourth-order valence-corrected chi connectivity index (χ4v) is 1.50. The first kappa shape index (κ1) is 10.4. The predicted molar refractivity (Wildman–Crippen MR) is 65.5 cm³/mol. The van der Waals surface area contributed by atoms with Gasteiger partial charge in [-0.2, -0.15) is 0 Å². The second-order valence-corrected chi connectivity index (χ2v) is 3.48. The Morgan fingerprint density at radius 1 is 1.12 bits per heavy atom. The minimum absolute atomic E-state index is 0.425. The molecule has 3 N–H and O–H groups in total. The van der Waals surface area contributed by atoms with Gasteiger partial charge in [-0.1, -0.05) is 25.1 Å². The van der Waals surface area contributed by atoms with Crippen molar-refractivity contribution in [3.8, 4) is 0 Å². The molecule has 0 saturated heterocycles. The van der Waals surface area contributed by atoms with Gasteiger partial charge in [0.15, 0.2) is 5.82 Å². The molecule has 0 amide bonds. The van der Waals surface area contributed by atoms with Crippen LogP contribution in [0, 0.1) is 0 Å². The van der Waals surface area contributed by atoms with Crippen molar-refractivity contribution in [2.75, 3.05) is 11.1 Å². The molecule has 4 heteroatoms. The number of nitrogens with two attached hydrogens (primary N) is 1. The van der Waals surface area contributed by atoms with Gasteiger partial charge in [-0.3, -0.25) is 0 Å². The molecule has 1 aromatic heterocycles. The zero-order chi connectivity index (χ0) is 11.4. The number of aryl methyl sites for hydroxylation is 1. The molecular formula is C12H14N4. The summed E-state index contributed by atoms with van der Waals surface area (Å²) in [5.41, 5.74) is 7.79. The molecule has 0 aliphatic carbocycles. The first-order chi connectivity index (χ1) is 7.79. The molecular weight excluding hydrogens is 200 g/mol. The predicted octanol–water partition coefficient (Wildman–Crippen LogP) is 2.36. The van der Waals surface area contributed by atoms with Crippen molar-refractivity contribution in [1.29, 1.82) is 0 Å². The number of nitrogens with one attached hydrogen (secondary N) is 1. The lowest BCUT2D eigenvalue weighted by atomic mass is 10.1. The van der Waals surface area contributed by atoms with Gasteiger partial charge in [-0.25, -0.2) is 0 Å². The smallest absolute Gasteiger partial charge is 0.153 e. The molecule has 0 atom stereocenters. The normalized spacial score (nSPS) is 10.1. The van der Waals surface area contributed by atoms with E-state index in [4.69, 9.17) is 5.73 Å². The van der Waals surface area contributed by atoms with Crippen LogP contribution >= 0.6 is 0 Å². The molecule has 0 spiro atoms. The highest BCUT2D eigenvalue weighted by Gasteiger charge is 2.00. The summed E-state index contributed by atoms with van der Waals surface area (Å²) in [7, 11) is 0. The average Bonchev–Trinajstić information content (AvgIpc) is 2.33. The van der Waals surface area contributed by atoms with Crippen molar-refractivity contribution in [1.82, 2.24) is 10.2 Å². The van der Waals surface area contributed by atoms with Crippen molar-refractivity contribution < 1.29 is 0 Å². The lowest BCUT2D eigenvalue weighted by Gasteiger charge is -2.09. The van der Waals surface area contributed by atoms with Crippen LogP contribution in [0.2, 0.25) is 0 Å². The Morgan fingerprint density at radius 2 is 1.94 bits per heavy atom. The number of nitrogens with zero attached hydrogens (tertiary/aromatic N) is 2. The van der Waals surface area contributed by atoms with Crippen LogP contribution in [0.25, 0.3) is 0 Å². The molecule has 0 aliphatic heterocycles. The van der Waals surface area contributed by atoms with E-state index in [9.17, 15) is 0 Å². The summed E-state index contributed by atoms with van der Waals surface area (Å²) in [5, 5.41) is 11.0. The number of aromatic nitrogens is 2. The molecule has 16 heavy (non-hydrogen) atoms. The first-order valence-electron chi connectivity index (χ1n) is 5.23. The molecule has 2 aromatic rings. The molecule has 0 fully saturated rings. The second-order valence-electron chi connectivity index (χ2n) is 3.48. The summed E-state index contributed by atoms with van der Waals surface area (Å²) in [6.07, 6.45) is 0.978. The fourth-order valence-electron chi connectivity index (χ4n) is 1.50. The quantitative estimate of drug-likeness (QED) is 0.823. The average molecular weight is 214 g/mol. The number of anilines is 3. The number of nitrogen functional groups attached to an aromatic ring is 1. The lowest BCUT2D eigenvalue weighted by Crippen LogP contribution is -2.00. The van der Waals surface area contributed by atoms with E-state index in [1.165, 1.54) is 5.56 Å². The molecule has 4 nitrogen and oxygen atoms in total. The topological polar surface area (TPSA) is 63.8 Å². The van der Waals surface area contributed by atoms with Gasteiger partial charge in [0.1, 0.15) is 5.82 Å². The van der Waals surface area contributed by atoms with Crippen molar-refractivity contribution in [2.45, 2.75) is 13.3 Å². The monoisotopic (exact) mass is 214 g/mol. The second kappa shape index (κ2) is 4.61. The summed E-state index contributed by atoms with van der Waals surface area (Å²) >= 11 is 0. The Bertz CT molecular complexity index is 465. The van der Waals surface area contributed by atoms with E-state index in [0.29, 0.717) is 11.6 Å². The number of hydrogen-bond acceptors (Lipinski definition) is 4. The van der Waals surface area contributed by atoms with Gasteiger partial charge in [-0.15, -0.1) is 10.2 Å². The van der Waals surface area contributed by atoms with Crippen molar-refractivity contribution in [3.63, 3.8) is 0 Å². The molecule has 82 valence electrons.